The van der Waals surface area contributed by atoms with Crippen LogP contribution in [0.15, 0.2) is 45.2 Å². The molecule has 0 aliphatic heterocycles. The van der Waals surface area contributed by atoms with E-state index in [9.17, 15) is 0 Å². The maximum absolute atomic E-state index is 5.73. The van der Waals surface area contributed by atoms with Gasteiger partial charge in [0.15, 0.2) is 11.2 Å². The van der Waals surface area contributed by atoms with Crippen LogP contribution in [0, 0.1) is 4.84 Å². The van der Waals surface area contributed by atoms with Crippen molar-refractivity contribution in [2.75, 3.05) is 0 Å². The lowest BCUT2D eigenvalue weighted by atomic mass is 10.3. The molecule has 0 atom stereocenters. The molecule has 2 heterocycles. The van der Waals surface area contributed by atoms with Gasteiger partial charge in [-0.1, -0.05) is 23.2 Å². The number of aromatic amines is 1. The van der Waals surface area contributed by atoms with E-state index in [1.807, 2.05) is 0 Å². The smallest absolute Gasteiger partial charge is 0.293 e. The van der Waals surface area contributed by atoms with Crippen LogP contribution >= 0.6 is 47.0 Å². The van der Waals surface area contributed by atoms with Crippen LogP contribution in [0.2, 0.25) is 15.4 Å². The Kier molecular flexibility index (Phi) is 4.40. The molecule has 8 heteroatoms. The van der Waals surface area contributed by atoms with Gasteiger partial charge in [-0.2, -0.15) is 4.98 Å². The second kappa shape index (κ2) is 6.30. The third-order valence-corrected chi connectivity index (χ3v) is 3.52. The predicted molar refractivity (Wildman–Crippen MR) is 90.4 cm³/mol. The zero-order valence-corrected chi connectivity index (χ0v) is 13.9. The SMILES string of the molecule is Clc1ccc2oc(Cl)nc2c1.S=c1[nH]c2cc(Cl)ccc2o1. The monoisotopic (exact) mass is 372 g/mol. The summed E-state index contributed by atoms with van der Waals surface area (Å²) in [7, 11) is 0. The van der Waals surface area contributed by atoms with Crippen LogP contribution < -0.4 is 0 Å². The first-order chi connectivity index (χ1) is 10.5. The van der Waals surface area contributed by atoms with Crippen molar-refractivity contribution in [3.05, 3.63) is 56.6 Å². The van der Waals surface area contributed by atoms with E-state index in [1.54, 1.807) is 36.4 Å². The summed E-state index contributed by atoms with van der Waals surface area (Å²) in [5.74, 6) is 0. The van der Waals surface area contributed by atoms with Crippen molar-refractivity contribution in [2.45, 2.75) is 0 Å². The first-order valence-electron chi connectivity index (χ1n) is 6.01. The molecule has 4 nitrogen and oxygen atoms in total. The second-order valence-electron chi connectivity index (χ2n) is 4.23. The van der Waals surface area contributed by atoms with Gasteiger partial charge in [-0.25, -0.2) is 0 Å². The van der Waals surface area contributed by atoms with Crippen LogP contribution in [0.1, 0.15) is 0 Å². The van der Waals surface area contributed by atoms with Crippen molar-refractivity contribution >= 4 is 69.2 Å². The number of hydrogen-bond acceptors (Lipinski definition) is 4. The molecule has 0 saturated carbocycles. The predicted octanol–water partition coefficient (Wildman–Crippen LogP) is 6.28. The van der Waals surface area contributed by atoms with Crippen LogP contribution in [0.25, 0.3) is 22.2 Å². The lowest BCUT2D eigenvalue weighted by molar-refractivity contribution is 0.583. The second-order valence-corrected chi connectivity index (χ2v) is 5.80. The first-order valence-corrected chi connectivity index (χ1v) is 7.55. The lowest BCUT2D eigenvalue weighted by Crippen LogP contribution is -1.66. The minimum absolute atomic E-state index is 0.141. The number of nitrogens with one attached hydrogen (secondary N) is 1. The van der Waals surface area contributed by atoms with E-state index in [0.29, 0.717) is 26.0 Å². The fourth-order valence-electron chi connectivity index (χ4n) is 1.80. The third kappa shape index (κ3) is 3.44. The Labute approximate surface area is 144 Å². The number of benzene rings is 2. The topological polar surface area (TPSA) is 55.0 Å². The van der Waals surface area contributed by atoms with Crippen molar-refractivity contribution < 1.29 is 8.83 Å². The molecule has 1 N–H and O–H groups in total. The molecule has 4 rings (SSSR count). The molecule has 0 bridgehead atoms. The van der Waals surface area contributed by atoms with Gasteiger partial charge in [0.1, 0.15) is 5.52 Å². The van der Waals surface area contributed by atoms with E-state index in [-0.39, 0.29) is 5.35 Å². The van der Waals surface area contributed by atoms with Crippen LogP contribution in [0.4, 0.5) is 0 Å². The average molecular weight is 374 g/mol. The lowest BCUT2D eigenvalue weighted by Gasteiger charge is -1.86. The Morgan fingerprint density at radius 3 is 2.36 bits per heavy atom. The Bertz CT molecular complexity index is 1010. The van der Waals surface area contributed by atoms with E-state index < -0.39 is 0 Å². The largest absolute Gasteiger partial charge is 0.429 e. The highest BCUT2D eigenvalue weighted by Crippen LogP contribution is 2.21. The van der Waals surface area contributed by atoms with Crippen molar-refractivity contribution in [1.29, 1.82) is 0 Å². The summed E-state index contributed by atoms with van der Waals surface area (Å²) in [5, 5.41) is 1.44. The van der Waals surface area contributed by atoms with Gasteiger partial charge in [0.2, 0.25) is 0 Å². The fourth-order valence-corrected chi connectivity index (χ4v) is 2.51. The summed E-state index contributed by atoms with van der Waals surface area (Å²) in [6.45, 7) is 0. The molecule has 2 aromatic heterocycles. The quantitative estimate of drug-likeness (QED) is 0.369. The van der Waals surface area contributed by atoms with Gasteiger partial charge in [-0.3, -0.25) is 0 Å². The number of H-pyrrole nitrogens is 1. The molecule has 0 spiro atoms. The summed E-state index contributed by atoms with van der Waals surface area (Å²) in [4.78, 5) is 7.13. The first kappa shape index (κ1) is 15.4. The summed E-state index contributed by atoms with van der Waals surface area (Å²) >= 11 is 21.7. The highest BCUT2D eigenvalue weighted by atomic mass is 35.5. The number of rotatable bonds is 0. The highest BCUT2D eigenvalue weighted by Gasteiger charge is 2.02. The number of halogens is 3. The van der Waals surface area contributed by atoms with Crippen molar-refractivity contribution in [3.8, 4) is 0 Å². The normalized spacial score (nSPS) is 10.7. The van der Waals surface area contributed by atoms with Gasteiger partial charge in [0.25, 0.3) is 10.2 Å². The minimum Gasteiger partial charge on any atom is -0.429 e. The minimum atomic E-state index is 0.141. The van der Waals surface area contributed by atoms with Gasteiger partial charge < -0.3 is 13.8 Å². The third-order valence-electron chi connectivity index (χ3n) is 2.70. The number of nitrogens with zero attached hydrogens (tertiary/aromatic N) is 1. The van der Waals surface area contributed by atoms with Crippen molar-refractivity contribution in [2.24, 2.45) is 0 Å². The maximum Gasteiger partial charge on any atom is 0.293 e. The molecule has 112 valence electrons. The Morgan fingerprint density at radius 1 is 0.909 bits per heavy atom. The Hall–Kier alpha value is -1.53. The van der Waals surface area contributed by atoms with Crippen molar-refractivity contribution in [1.82, 2.24) is 9.97 Å². The van der Waals surface area contributed by atoms with E-state index in [0.717, 1.165) is 11.1 Å². The van der Waals surface area contributed by atoms with Gasteiger partial charge in [0, 0.05) is 10.0 Å². The zero-order chi connectivity index (χ0) is 15.7. The number of aromatic nitrogens is 2. The maximum atomic E-state index is 5.73. The van der Waals surface area contributed by atoms with Crippen LogP contribution in [0.5, 0.6) is 0 Å². The number of oxazole rings is 2. The highest BCUT2D eigenvalue weighted by molar-refractivity contribution is 7.71. The van der Waals surface area contributed by atoms with Gasteiger partial charge >= 0.3 is 0 Å². The van der Waals surface area contributed by atoms with Gasteiger partial charge in [-0.05, 0) is 60.2 Å². The molecule has 0 radical (unpaired) electrons. The molecule has 0 aliphatic carbocycles. The number of fused-ring (bicyclic) bond motifs is 2. The van der Waals surface area contributed by atoms with Gasteiger partial charge in [-0.15, -0.1) is 0 Å². The summed E-state index contributed by atoms with van der Waals surface area (Å²) in [5.41, 5.74) is 2.91. The molecule has 0 amide bonds. The van der Waals surface area contributed by atoms with Gasteiger partial charge in [0.05, 0.1) is 5.52 Å². The fraction of sp³-hybridized carbons (Fsp3) is 0. The Balaban J connectivity index is 0.000000131. The standard InChI is InChI=1S/C7H3Cl2NO.C7H4ClNOS/c8-4-1-2-6-5(3-4)10-7(9)11-6;8-4-1-2-6-5(3-4)9-7(11)10-6/h1-3H;1-3H,(H,9,11). The zero-order valence-electron chi connectivity index (χ0n) is 10.8. The summed E-state index contributed by atoms with van der Waals surface area (Å²) in [6, 6.07) is 10.5. The molecule has 0 unspecified atom stereocenters. The van der Waals surface area contributed by atoms with Crippen LogP contribution in [0.3, 0.4) is 0 Å². The van der Waals surface area contributed by atoms with E-state index in [1.165, 1.54) is 0 Å². The van der Waals surface area contributed by atoms with Crippen LogP contribution in [-0.4, -0.2) is 9.97 Å². The molecular weight excluding hydrogens is 367 g/mol. The summed E-state index contributed by atoms with van der Waals surface area (Å²) < 4.78 is 10.1. The molecule has 0 aliphatic rings. The summed E-state index contributed by atoms with van der Waals surface area (Å²) in [6.07, 6.45) is 0. The van der Waals surface area contributed by atoms with E-state index in [2.05, 4.69) is 9.97 Å². The van der Waals surface area contributed by atoms with Crippen LogP contribution in [-0.2, 0) is 0 Å². The van der Waals surface area contributed by atoms with E-state index >= 15 is 0 Å². The number of hydrogen-bond donors (Lipinski definition) is 1. The average Bonchev–Trinajstić information content (AvgIpc) is 2.99. The molecule has 0 fully saturated rings. The molecule has 0 saturated heterocycles. The van der Waals surface area contributed by atoms with Crippen molar-refractivity contribution in [3.63, 3.8) is 0 Å². The molecule has 4 aromatic rings. The Morgan fingerprint density at radius 2 is 1.59 bits per heavy atom. The molecular formula is C14H7Cl3N2O2S. The molecule has 2 aromatic carbocycles. The van der Waals surface area contributed by atoms with E-state index in [4.69, 9.17) is 55.9 Å². The molecule has 22 heavy (non-hydrogen) atoms.